The highest BCUT2D eigenvalue weighted by Crippen LogP contribution is 2.38. The molecular weight excluding hydrogens is 311 g/mol. The molecule has 4 nitrogen and oxygen atoms in total. The second kappa shape index (κ2) is 7.21. The van der Waals surface area contributed by atoms with Crippen LogP contribution >= 0.6 is 0 Å². The van der Waals surface area contributed by atoms with Crippen molar-refractivity contribution in [2.24, 2.45) is 5.92 Å². The van der Waals surface area contributed by atoms with Gasteiger partial charge in [0, 0.05) is 12.8 Å². The van der Waals surface area contributed by atoms with Crippen LogP contribution < -0.4 is 10.1 Å². The molecule has 1 amide bonds. The number of nitrogens with one attached hydrogen (secondary N) is 1. The summed E-state index contributed by atoms with van der Waals surface area (Å²) < 4.78 is 49.0. The fourth-order valence-corrected chi connectivity index (χ4v) is 2.32. The van der Waals surface area contributed by atoms with E-state index in [1.165, 1.54) is 19.2 Å². The SMILES string of the molecule is COc1ccc(NC(=O)[C@](C)(CC(C)C)OC)cc1C(F)(F)F. The van der Waals surface area contributed by atoms with E-state index >= 15 is 0 Å². The molecule has 0 heterocycles. The minimum Gasteiger partial charge on any atom is -0.496 e. The maximum Gasteiger partial charge on any atom is 0.420 e. The molecule has 0 bridgehead atoms. The Morgan fingerprint density at radius 2 is 1.87 bits per heavy atom. The largest absolute Gasteiger partial charge is 0.496 e. The average Bonchev–Trinajstić information content (AvgIpc) is 2.45. The van der Waals surface area contributed by atoms with Crippen LogP contribution in [-0.2, 0) is 15.7 Å². The van der Waals surface area contributed by atoms with Gasteiger partial charge in [0.25, 0.3) is 5.91 Å². The Bertz CT molecular complexity index is 558. The number of anilines is 1. The number of alkyl halides is 3. The van der Waals surface area contributed by atoms with Gasteiger partial charge in [-0.2, -0.15) is 13.2 Å². The smallest absolute Gasteiger partial charge is 0.420 e. The normalized spacial score (nSPS) is 14.5. The second-order valence-corrected chi connectivity index (χ2v) is 5.90. The summed E-state index contributed by atoms with van der Waals surface area (Å²) in [4.78, 5) is 12.4. The van der Waals surface area contributed by atoms with E-state index in [1.807, 2.05) is 13.8 Å². The van der Waals surface area contributed by atoms with E-state index in [2.05, 4.69) is 5.32 Å². The summed E-state index contributed by atoms with van der Waals surface area (Å²) in [6, 6.07) is 3.38. The van der Waals surface area contributed by atoms with E-state index < -0.39 is 23.2 Å². The van der Waals surface area contributed by atoms with Gasteiger partial charge >= 0.3 is 6.18 Å². The number of methoxy groups -OCH3 is 2. The van der Waals surface area contributed by atoms with E-state index in [0.29, 0.717) is 6.42 Å². The lowest BCUT2D eigenvalue weighted by molar-refractivity contribution is -0.139. The van der Waals surface area contributed by atoms with E-state index in [0.717, 1.165) is 13.2 Å². The van der Waals surface area contributed by atoms with Crippen LogP contribution in [0.15, 0.2) is 18.2 Å². The molecular formula is C16H22F3NO3. The van der Waals surface area contributed by atoms with Gasteiger partial charge in [0.2, 0.25) is 0 Å². The van der Waals surface area contributed by atoms with Crippen LogP contribution in [0.5, 0.6) is 5.75 Å². The summed E-state index contributed by atoms with van der Waals surface area (Å²) in [7, 11) is 2.56. The molecule has 1 atom stereocenters. The van der Waals surface area contributed by atoms with Crippen LogP contribution in [0.2, 0.25) is 0 Å². The third-order valence-corrected chi connectivity index (χ3v) is 3.49. The van der Waals surface area contributed by atoms with Crippen molar-refractivity contribution in [3.8, 4) is 5.75 Å². The Balaban J connectivity index is 3.07. The molecule has 0 aliphatic carbocycles. The third-order valence-electron chi connectivity index (χ3n) is 3.49. The van der Waals surface area contributed by atoms with Crippen molar-refractivity contribution in [1.29, 1.82) is 0 Å². The lowest BCUT2D eigenvalue weighted by atomic mass is 9.93. The Morgan fingerprint density at radius 3 is 2.30 bits per heavy atom. The number of benzene rings is 1. The first-order valence-corrected chi connectivity index (χ1v) is 7.15. The molecule has 23 heavy (non-hydrogen) atoms. The van der Waals surface area contributed by atoms with E-state index in [4.69, 9.17) is 9.47 Å². The van der Waals surface area contributed by atoms with Crippen molar-refractivity contribution in [2.75, 3.05) is 19.5 Å². The highest BCUT2D eigenvalue weighted by Gasteiger charge is 2.36. The summed E-state index contributed by atoms with van der Waals surface area (Å²) in [5, 5.41) is 2.48. The van der Waals surface area contributed by atoms with Crippen LogP contribution in [0.1, 0.15) is 32.8 Å². The molecule has 1 N–H and O–H groups in total. The minimum absolute atomic E-state index is 0.0372. The molecule has 0 spiro atoms. The van der Waals surface area contributed by atoms with Gasteiger partial charge in [0.1, 0.15) is 11.4 Å². The Kier molecular flexibility index (Phi) is 6.04. The van der Waals surface area contributed by atoms with Crippen molar-refractivity contribution in [3.05, 3.63) is 23.8 Å². The topological polar surface area (TPSA) is 47.6 Å². The molecule has 7 heteroatoms. The lowest BCUT2D eigenvalue weighted by Crippen LogP contribution is -2.43. The van der Waals surface area contributed by atoms with Crippen LogP contribution in [0, 0.1) is 5.92 Å². The summed E-state index contributed by atoms with van der Waals surface area (Å²) in [6.45, 7) is 5.47. The first-order valence-electron chi connectivity index (χ1n) is 7.15. The van der Waals surface area contributed by atoms with Crippen LogP contribution in [-0.4, -0.2) is 25.7 Å². The average molecular weight is 333 g/mol. The van der Waals surface area contributed by atoms with Crippen LogP contribution in [0.4, 0.5) is 18.9 Å². The van der Waals surface area contributed by atoms with Crippen LogP contribution in [0.3, 0.4) is 0 Å². The van der Waals surface area contributed by atoms with Crippen molar-refractivity contribution in [1.82, 2.24) is 0 Å². The van der Waals surface area contributed by atoms with E-state index in [1.54, 1.807) is 6.92 Å². The Labute approximate surface area is 134 Å². The van der Waals surface area contributed by atoms with Gasteiger partial charge in [0.15, 0.2) is 0 Å². The first-order chi connectivity index (χ1) is 10.5. The zero-order chi connectivity index (χ0) is 17.8. The zero-order valence-electron chi connectivity index (χ0n) is 13.9. The van der Waals surface area contributed by atoms with Gasteiger partial charge in [-0.15, -0.1) is 0 Å². The molecule has 0 radical (unpaired) electrons. The van der Waals surface area contributed by atoms with Gasteiger partial charge in [-0.25, -0.2) is 0 Å². The minimum atomic E-state index is -4.57. The molecule has 0 saturated heterocycles. The first kappa shape index (κ1) is 19.3. The van der Waals surface area contributed by atoms with Gasteiger partial charge in [0.05, 0.1) is 12.7 Å². The molecule has 0 fully saturated rings. The van der Waals surface area contributed by atoms with Gasteiger partial charge in [-0.3, -0.25) is 4.79 Å². The number of carbonyl (C=O) groups is 1. The number of hydrogen-bond donors (Lipinski definition) is 1. The maximum atomic E-state index is 13.0. The standard InChI is InChI=1S/C16H22F3NO3/c1-10(2)9-15(3,23-5)14(21)20-11-6-7-13(22-4)12(8-11)16(17,18)19/h6-8,10H,9H2,1-5H3,(H,20,21)/t15-/m0/s1. The Morgan fingerprint density at radius 1 is 1.26 bits per heavy atom. The molecule has 0 saturated carbocycles. The van der Waals surface area contributed by atoms with Crippen molar-refractivity contribution < 1.29 is 27.4 Å². The monoisotopic (exact) mass is 333 g/mol. The summed E-state index contributed by atoms with van der Waals surface area (Å²) in [5.41, 5.74) is -2.03. The number of hydrogen-bond acceptors (Lipinski definition) is 3. The van der Waals surface area contributed by atoms with Gasteiger partial charge in [-0.1, -0.05) is 13.8 Å². The van der Waals surface area contributed by atoms with Gasteiger partial charge in [-0.05, 0) is 37.5 Å². The van der Waals surface area contributed by atoms with E-state index in [9.17, 15) is 18.0 Å². The van der Waals surface area contributed by atoms with Crippen LogP contribution in [0.25, 0.3) is 0 Å². The summed E-state index contributed by atoms with van der Waals surface area (Å²) in [6.07, 6.45) is -4.13. The van der Waals surface area contributed by atoms with Gasteiger partial charge < -0.3 is 14.8 Å². The lowest BCUT2D eigenvalue weighted by Gasteiger charge is -2.28. The second-order valence-electron chi connectivity index (χ2n) is 5.90. The maximum absolute atomic E-state index is 13.0. The predicted molar refractivity (Wildman–Crippen MR) is 81.5 cm³/mol. The summed E-state index contributed by atoms with van der Waals surface area (Å²) >= 11 is 0. The molecule has 1 aromatic rings. The number of amides is 1. The molecule has 0 aliphatic heterocycles. The van der Waals surface area contributed by atoms with E-state index in [-0.39, 0.29) is 17.4 Å². The fourth-order valence-electron chi connectivity index (χ4n) is 2.32. The molecule has 1 aromatic carbocycles. The third kappa shape index (κ3) is 4.86. The van der Waals surface area contributed by atoms with Crippen molar-refractivity contribution >= 4 is 11.6 Å². The quantitative estimate of drug-likeness (QED) is 0.852. The highest BCUT2D eigenvalue weighted by molar-refractivity contribution is 5.97. The zero-order valence-corrected chi connectivity index (χ0v) is 13.9. The number of ether oxygens (including phenoxy) is 2. The number of carbonyl (C=O) groups excluding carboxylic acids is 1. The number of rotatable bonds is 6. The number of halogens is 3. The molecule has 1 rings (SSSR count). The molecule has 130 valence electrons. The van der Waals surface area contributed by atoms with Crippen molar-refractivity contribution in [3.63, 3.8) is 0 Å². The molecule has 0 aromatic heterocycles. The highest BCUT2D eigenvalue weighted by atomic mass is 19.4. The Hall–Kier alpha value is -1.76. The predicted octanol–water partition coefficient (Wildman–Crippen LogP) is 4.10. The fraction of sp³-hybridized carbons (Fsp3) is 0.562. The molecule has 0 unspecified atom stereocenters. The van der Waals surface area contributed by atoms with Crippen molar-refractivity contribution in [2.45, 2.75) is 39.0 Å². The summed E-state index contributed by atoms with van der Waals surface area (Å²) in [5.74, 6) is -0.605. The molecule has 0 aliphatic rings.